The Hall–Kier alpha value is -2.76. The van der Waals surface area contributed by atoms with Crippen molar-refractivity contribution in [1.82, 2.24) is 10.3 Å². The van der Waals surface area contributed by atoms with Gasteiger partial charge in [0.05, 0.1) is 0 Å². The quantitative estimate of drug-likeness (QED) is 0.838. The molecule has 2 aromatic rings. The van der Waals surface area contributed by atoms with Crippen LogP contribution >= 0.6 is 0 Å². The van der Waals surface area contributed by atoms with Crippen molar-refractivity contribution in [3.63, 3.8) is 0 Å². The van der Waals surface area contributed by atoms with Crippen LogP contribution in [0.5, 0.6) is 0 Å². The van der Waals surface area contributed by atoms with E-state index in [4.69, 9.17) is 0 Å². The molecule has 1 N–H and O–H groups in total. The lowest BCUT2D eigenvalue weighted by Crippen LogP contribution is -2.50. The number of pyridine rings is 1. The second-order valence-corrected chi connectivity index (χ2v) is 4.49. The molecule has 3 amide bonds. The van der Waals surface area contributed by atoms with Gasteiger partial charge in [0.15, 0.2) is 0 Å². The number of amides is 3. The second-order valence-electron chi connectivity index (χ2n) is 4.49. The highest BCUT2D eigenvalue weighted by Gasteiger charge is 2.26. The Kier molecular flexibility index (Phi) is 2.90. The van der Waals surface area contributed by atoms with Crippen LogP contribution in [-0.2, 0) is 4.79 Å². The number of hydrogen-bond donors (Lipinski definition) is 1. The van der Waals surface area contributed by atoms with E-state index in [1.54, 1.807) is 30.5 Å². The normalized spacial score (nSPS) is 15.3. The molecule has 0 radical (unpaired) electrons. The molecule has 0 bridgehead atoms. The SMILES string of the molecule is O=Cc1ccc2c(N3CCC(=O)NC3=O)nccc2c1. The lowest BCUT2D eigenvalue weighted by atomic mass is 10.1. The van der Waals surface area contributed by atoms with Gasteiger partial charge >= 0.3 is 6.03 Å². The molecule has 2 heterocycles. The maximum atomic E-state index is 11.9. The largest absolute Gasteiger partial charge is 0.329 e. The van der Waals surface area contributed by atoms with Gasteiger partial charge in [-0.15, -0.1) is 0 Å². The van der Waals surface area contributed by atoms with Crippen molar-refractivity contribution in [2.45, 2.75) is 6.42 Å². The van der Waals surface area contributed by atoms with Gasteiger partial charge in [-0.1, -0.05) is 6.07 Å². The summed E-state index contributed by atoms with van der Waals surface area (Å²) in [4.78, 5) is 39.5. The van der Waals surface area contributed by atoms with Crippen molar-refractivity contribution in [2.24, 2.45) is 0 Å². The van der Waals surface area contributed by atoms with Gasteiger partial charge in [-0.05, 0) is 23.6 Å². The Morgan fingerprint density at radius 1 is 1.25 bits per heavy atom. The van der Waals surface area contributed by atoms with Crippen LogP contribution in [0.3, 0.4) is 0 Å². The Balaban J connectivity index is 2.09. The molecular weight excluding hydrogens is 258 g/mol. The Morgan fingerprint density at radius 3 is 2.85 bits per heavy atom. The van der Waals surface area contributed by atoms with Gasteiger partial charge in [-0.25, -0.2) is 9.78 Å². The van der Waals surface area contributed by atoms with E-state index in [1.165, 1.54) is 4.90 Å². The van der Waals surface area contributed by atoms with Crippen molar-refractivity contribution in [2.75, 3.05) is 11.4 Å². The topological polar surface area (TPSA) is 79.4 Å². The summed E-state index contributed by atoms with van der Waals surface area (Å²) >= 11 is 0. The van der Waals surface area contributed by atoms with E-state index in [2.05, 4.69) is 10.3 Å². The number of nitrogens with zero attached hydrogens (tertiary/aromatic N) is 2. The number of carbonyl (C=O) groups is 3. The van der Waals surface area contributed by atoms with Crippen molar-refractivity contribution >= 4 is 34.8 Å². The molecule has 20 heavy (non-hydrogen) atoms. The van der Waals surface area contributed by atoms with Crippen molar-refractivity contribution in [1.29, 1.82) is 0 Å². The van der Waals surface area contributed by atoms with E-state index in [0.29, 0.717) is 17.9 Å². The number of benzene rings is 1. The molecule has 1 aliphatic rings. The molecule has 1 aromatic carbocycles. The molecule has 3 rings (SSSR count). The van der Waals surface area contributed by atoms with Gasteiger partial charge in [0.25, 0.3) is 0 Å². The number of hydrogen-bond acceptors (Lipinski definition) is 4. The standard InChI is InChI=1S/C14H11N3O3/c18-8-9-1-2-11-10(7-9)3-5-15-13(11)17-6-4-12(19)16-14(17)20/h1-3,5,7-8H,4,6H2,(H,16,19,20). The first kappa shape index (κ1) is 12.3. The maximum Gasteiger partial charge on any atom is 0.329 e. The minimum Gasteiger partial charge on any atom is -0.298 e. The molecule has 1 fully saturated rings. The molecule has 1 aliphatic heterocycles. The van der Waals surface area contributed by atoms with E-state index in [9.17, 15) is 14.4 Å². The van der Waals surface area contributed by atoms with Crippen LogP contribution in [0.2, 0.25) is 0 Å². The second kappa shape index (κ2) is 4.73. The number of rotatable bonds is 2. The fourth-order valence-corrected chi connectivity index (χ4v) is 2.24. The Labute approximate surface area is 114 Å². The molecule has 0 atom stereocenters. The third-order valence-electron chi connectivity index (χ3n) is 3.21. The predicted molar refractivity (Wildman–Crippen MR) is 72.6 cm³/mol. The maximum absolute atomic E-state index is 11.9. The number of carbonyl (C=O) groups excluding carboxylic acids is 3. The van der Waals surface area contributed by atoms with Crippen LogP contribution in [-0.4, -0.2) is 29.8 Å². The van der Waals surface area contributed by atoms with E-state index in [0.717, 1.165) is 17.1 Å². The first-order chi connectivity index (χ1) is 9.69. The van der Waals surface area contributed by atoms with Gasteiger partial charge in [0, 0.05) is 30.1 Å². The van der Waals surface area contributed by atoms with Gasteiger partial charge in [-0.3, -0.25) is 19.8 Å². The highest BCUT2D eigenvalue weighted by molar-refractivity contribution is 6.09. The first-order valence-corrected chi connectivity index (χ1v) is 6.14. The summed E-state index contributed by atoms with van der Waals surface area (Å²) < 4.78 is 0. The number of urea groups is 1. The molecule has 100 valence electrons. The third kappa shape index (κ3) is 2.01. The summed E-state index contributed by atoms with van der Waals surface area (Å²) in [6.07, 6.45) is 2.60. The summed E-state index contributed by atoms with van der Waals surface area (Å²) in [5.74, 6) is 0.208. The number of imide groups is 1. The Bertz CT molecular complexity index is 727. The summed E-state index contributed by atoms with van der Waals surface area (Å²) in [7, 11) is 0. The van der Waals surface area contributed by atoms with Crippen LogP contribution in [0.15, 0.2) is 30.5 Å². The molecule has 0 saturated carbocycles. The van der Waals surface area contributed by atoms with Gasteiger partial charge < -0.3 is 0 Å². The molecule has 0 spiro atoms. The number of aldehydes is 1. The molecule has 6 nitrogen and oxygen atoms in total. The summed E-state index contributed by atoms with van der Waals surface area (Å²) in [5, 5.41) is 3.86. The zero-order valence-electron chi connectivity index (χ0n) is 10.5. The predicted octanol–water partition coefficient (Wildman–Crippen LogP) is 1.49. The average molecular weight is 269 g/mol. The number of fused-ring (bicyclic) bond motifs is 1. The van der Waals surface area contributed by atoms with E-state index in [1.807, 2.05) is 0 Å². The zero-order valence-corrected chi connectivity index (χ0v) is 10.5. The zero-order chi connectivity index (χ0) is 14.1. The van der Waals surface area contributed by atoms with Crippen LogP contribution in [0.25, 0.3) is 10.8 Å². The molecule has 0 unspecified atom stereocenters. The third-order valence-corrected chi connectivity index (χ3v) is 3.21. The lowest BCUT2D eigenvalue weighted by molar-refractivity contribution is -0.120. The van der Waals surface area contributed by atoms with Crippen LogP contribution < -0.4 is 10.2 Å². The monoisotopic (exact) mass is 269 g/mol. The van der Waals surface area contributed by atoms with Crippen molar-refractivity contribution < 1.29 is 14.4 Å². The number of anilines is 1. The molecular formula is C14H11N3O3. The molecule has 6 heteroatoms. The van der Waals surface area contributed by atoms with Crippen molar-refractivity contribution in [3.8, 4) is 0 Å². The van der Waals surface area contributed by atoms with Crippen LogP contribution in [0.4, 0.5) is 10.6 Å². The fraction of sp³-hybridized carbons (Fsp3) is 0.143. The van der Waals surface area contributed by atoms with E-state index < -0.39 is 6.03 Å². The van der Waals surface area contributed by atoms with Gasteiger partial charge in [0.1, 0.15) is 12.1 Å². The molecule has 1 aromatic heterocycles. The summed E-state index contributed by atoms with van der Waals surface area (Å²) in [6, 6.07) is 6.47. The highest BCUT2D eigenvalue weighted by Crippen LogP contribution is 2.26. The fourth-order valence-electron chi connectivity index (χ4n) is 2.24. The summed E-state index contributed by atoms with van der Waals surface area (Å²) in [6.45, 7) is 0.298. The number of nitrogens with one attached hydrogen (secondary N) is 1. The Morgan fingerprint density at radius 2 is 2.10 bits per heavy atom. The van der Waals surface area contributed by atoms with Gasteiger partial charge in [-0.2, -0.15) is 0 Å². The van der Waals surface area contributed by atoms with Gasteiger partial charge in [0.2, 0.25) is 5.91 Å². The van der Waals surface area contributed by atoms with E-state index in [-0.39, 0.29) is 12.3 Å². The van der Waals surface area contributed by atoms with E-state index >= 15 is 0 Å². The minimum atomic E-state index is -0.472. The average Bonchev–Trinajstić information content (AvgIpc) is 2.46. The van der Waals surface area contributed by atoms with Crippen LogP contribution in [0.1, 0.15) is 16.8 Å². The summed E-state index contributed by atoms with van der Waals surface area (Å²) in [5.41, 5.74) is 0.563. The first-order valence-electron chi connectivity index (χ1n) is 6.14. The molecule has 0 aliphatic carbocycles. The lowest BCUT2D eigenvalue weighted by Gasteiger charge is -2.26. The van der Waals surface area contributed by atoms with Crippen molar-refractivity contribution in [3.05, 3.63) is 36.0 Å². The smallest absolute Gasteiger partial charge is 0.298 e. The minimum absolute atomic E-state index is 0.246. The van der Waals surface area contributed by atoms with Crippen LogP contribution in [0, 0.1) is 0 Å². The number of aromatic nitrogens is 1. The highest BCUT2D eigenvalue weighted by atomic mass is 16.2. The molecule has 1 saturated heterocycles.